The Morgan fingerprint density at radius 2 is 2.00 bits per heavy atom. The van der Waals surface area contributed by atoms with Gasteiger partial charge in [-0.25, -0.2) is 8.78 Å². The van der Waals surface area contributed by atoms with Crippen LogP contribution in [0.3, 0.4) is 0 Å². The summed E-state index contributed by atoms with van der Waals surface area (Å²) in [6.07, 6.45) is 0. The summed E-state index contributed by atoms with van der Waals surface area (Å²) in [7, 11) is 4.97. The Kier molecular flexibility index (Phi) is 2.40. The Labute approximate surface area is 74.4 Å². The number of aliphatic hydroxyl groups is 1. The lowest BCUT2D eigenvalue weighted by molar-refractivity contribution is 0.212. The van der Waals surface area contributed by atoms with Crippen LogP contribution in [0, 0.1) is 11.6 Å². The van der Waals surface area contributed by atoms with Crippen molar-refractivity contribution >= 4 is 19.4 Å². The molecule has 1 aromatic rings. The van der Waals surface area contributed by atoms with Crippen molar-refractivity contribution in [3.63, 3.8) is 0 Å². The van der Waals surface area contributed by atoms with Crippen molar-refractivity contribution in [2.24, 2.45) is 0 Å². The monoisotopic (exact) mass is 188 g/mol. The minimum Gasteiger partial charge on any atom is -0.380 e. The van der Waals surface area contributed by atoms with E-state index in [9.17, 15) is 8.78 Å². The van der Waals surface area contributed by atoms with Gasteiger partial charge in [0.1, 0.15) is 24.4 Å². The molecule has 0 aliphatic rings. The number of halogens is 3. The molecule has 1 rings (SSSR count). The lowest BCUT2D eigenvalue weighted by Crippen LogP contribution is -2.19. The van der Waals surface area contributed by atoms with Gasteiger partial charge in [-0.2, -0.15) is 0 Å². The van der Waals surface area contributed by atoms with E-state index in [0.29, 0.717) is 6.07 Å². The number of benzene rings is 1. The molecule has 0 amide bonds. The lowest BCUT2D eigenvalue weighted by atomic mass is 9.91. The first-order valence-corrected chi connectivity index (χ1v) is 3.45. The summed E-state index contributed by atoms with van der Waals surface area (Å²) >= 11 is 5.19. The van der Waals surface area contributed by atoms with E-state index in [-0.39, 0.29) is 5.56 Å². The molecule has 0 saturated heterocycles. The van der Waals surface area contributed by atoms with E-state index in [2.05, 4.69) is 0 Å². The average Bonchev–Trinajstić information content (AvgIpc) is 1.83. The van der Waals surface area contributed by atoms with Gasteiger partial charge < -0.3 is 5.11 Å². The van der Waals surface area contributed by atoms with E-state index in [4.69, 9.17) is 24.6 Å². The maximum Gasteiger partial charge on any atom is 0.142 e. The second-order valence-electron chi connectivity index (χ2n) is 2.30. The van der Waals surface area contributed by atoms with Gasteiger partial charge in [0.15, 0.2) is 0 Å². The van der Waals surface area contributed by atoms with E-state index >= 15 is 0 Å². The molecule has 12 heavy (non-hydrogen) atoms. The highest BCUT2D eigenvalue weighted by Crippen LogP contribution is 2.24. The molecule has 0 aromatic heterocycles. The Morgan fingerprint density at radius 1 is 1.42 bits per heavy atom. The summed E-state index contributed by atoms with van der Waals surface area (Å²) in [4.78, 5) is -2.29. The number of alkyl halides is 1. The fourth-order valence-corrected chi connectivity index (χ4v) is 0.927. The summed E-state index contributed by atoms with van der Waals surface area (Å²) in [5.74, 6) is -1.73. The molecule has 1 aromatic carbocycles. The minimum atomic E-state index is -2.29. The van der Waals surface area contributed by atoms with Gasteiger partial charge in [-0.15, -0.1) is 0 Å². The first-order valence-electron chi connectivity index (χ1n) is 3.07. The highest BCUT2D eigenvalue weighted by atomic mass is 35.5. The largest absolute Gasteiger partial charge is 0.380 e. The van der Waals surface area contributed by atoms with Crippen LogP contribution in [0.25, 0.3) is 0 Å². The summed E-state index contributed by atoms with van der Waals surface area (Å²) in [6, 6.07) is 2.53. The Balaban J connectivity index is 3.19. The SMILES string of the molecule is [B]C(O)(Cl)c1ccc(F)cc1F. The van der Waals surface area contributed by atoms with Crippen molar-refractivity contribution in [3.8, 4) is 0 Å². The predicted molar refractivity (Wildman–Crippen MR) is 41.9 cm³/mol. The van der Waals surface area contributed by atoms with Crippen molar-refractivity contribution in [3.05, 3.63) is 35.4 Å². The first-order chi connectivity index (χ1) is 5.41. The minimum absolute atomic E-state index is 0.356. The zero-order chi connectivity index (χ0) is 9.35. The highest BCUT2D eigenvalue weighted by molar-refractivity contribution is 6.42. The normalized spacial score (nSPS) is 15.7. The smallest absolute Gasteiger partial charge is 0.142 e. The van der Waals surface area contributed by atoms with E-state index in [1.54, 1.807) is 0 Å². The predicted octanol–water partition coefficient (Wildman–Crippen LogP) is 1.47. The highest BCUT2D eigenvalue weighted by Gasteiger charge is 2.22. The third-order valence-corrected chi connectivity index (χ3v) is 1.51. The standard InChI is InChI=1S/C7H4BClF2O/c8-7(9,12)5-2-1-4(10)3-6(5)11/h1-3,12H. The summed E-state index contributed by atoms with van der Waals surface area (Å²) in [5.41, 5.74) is -0.356. The molecular weight excluding hydrogens is 184 g/mol. The Morgan fingerprint density at radius 3 is 2.42 bits per heavy atom. The second-order valence-corrected chi connectivity index (χ2v) is 2.87. The Hall–Kier alpha value is -0.605. The van der Waals surface area contributed by atoms with Crippen molar-refractivity contribution in [1.29, 1.82) is 0 Å². The molecule has 5 heteroatoms. The maximum atomic E-state index is 12.8. The van der Waals surface area contributed by atoms with Crippen LogP contribution < -0.4 is 0 Å². The molecule has 0 aliphatic heterocycles. The Bertz CT molecular complexity index is 298. The van der Waals surface area contributed by atoms with Gasteiger partial charge in [0.25, 0.3) is 0 Å². The molecule has 1 nitrogen and oxygen atoms in total. The van der Waals surface area contributed by atoms with Crippen LogP contribution in [0.2, 0.25) is 0 Å². The molecule has 0 spiro atoms. The van der Waals surface area contributed by atoms with Crippen molar-refractivity contribution in [2.45, 2.75) is 4.96 Å². The summed E-state index contributed by atoms with van der Waals surface area (Å²) < 4.78 is 25.1. The van der Waals surface area contributed by atoms with Gasteiger partial charge in [0, 0.05) is 11.6 Å². The quantitative estimate of drug-likeness (QED) is 0.523. The van der Waals surface area contributed by atoms with Crippen LogP contribution in [0.5, 0.6) is 0 Å². The summed E-state index contributed by atoms with van der Waals surface area (Å²) in [6.45, 7) is 0. The maximum absolute atomic E-state index is 12.8. The molecule has 1 unspecified atom stereocenters. The van der Waals surface area contributed by atoms with Crippen LogP contribution in [0.1, 0.15) is 5.56 Å². The van der Waals surface area contributed by atoms with Gasteiger partial charge in [0.2, 0.25) is 0 Å². The van der Waals surface area contributed by atoms with Crippen molar-refractivity contribution in [2.75, 3.05) is 0 Å². The van der Waals surface area contributed by atoms with Gasteiger partial charge >= 0.3 is 0 Å². The van der Waals surface area contributed by atoms with Gasteiger partial charge in [-0.1, -0.05) is 11.6 Å². The molecule has 0 saturated carbocycles. The molecule has 2 radical (unpaired) electrons. The topological polar surface area (TPSA) is 20.2 Å². The number of rotatable bonds is 1. The van der Waals surface area contributed by atoms with E-state index in [1.165, 1.54) is 0 Å². The molecular formula is C7H4BClF2O. The van der Waals surface area contributed by atoms with E-state index in [0.717, 1.165) is 12.1 Å². The molecule has 1 N–H and O–H groups in total. The molecule has 0 heterocycles. The van der Waals surface area contributed by atoms with Gasteiger partial charge in [-0.3, -0.25) is 0 Å². The lowest BCUT2D eigenvalue weighted by Gasteiger charge is -2.15. The van der Waals surface area contributed by atoms with Crippen LogP contribution in [-0.4, -0.2) is 13.0 Å². The van der Waals surface area contributed by atoms with E-state index in [1.807, 2.05) is 0 Å². The third kappa shape index (κ3) is 1.96. The average molecular weight is 188 g/mol. The molecule has 62 valence electrons. The van der Waals surface area contributed by atoms with Gasteiger partial charge in [-0.05, 0) is 12.1 Å². The van der Waals surface area contributed by atoms with Crippen LogP contribution in [0.15, 0.2) is 18.2 Å². The van der Waals surface area contributed by atoms with E-state index < -0.39 is 16.6 Å². The fourth-order valence-electron chi connectivity index (χ4n) is 0.774. The fraction of sp³-hybridized carbons (Fsp3) is 0.143. The zero-order valence-corrected chi connectivity index (χ0v) is 6.65. The molecule has 0 fully saturated rings. The van der Waals surface area contributed by atoms with Crippen molar-refractivity contribution in [1.82, 2.24) is 0 Å². The zero-order valence-electron chi connectivity index (χ0n) is 5.89. The second kappa shape index (κ2) is 3.03. The first kappa shape index (κ1) is 9.48. The van der Waals surface area contributed by atoms with Crippen LogP contribution in [0.4, 0.5) is 8.78 Å². The third-order valence-electron chi connectivity index (χ3n) is 1.31. The molecule has 0 aliphatic carbocycles. The number of hydrogen-bond donors (Lipinski definition) is 1. The van der Waals surface area contributed by atoms with Crippen LogP contribution >= 0.6 is 11.6 Å². The van der Waals surface area contributed by atoms with Crippen molar-refractivity contribution < 1.29 is 13.9 Å². The van der Waals surface area contributed by atoms with Crippen LogP contribution in [-0.2, 0) is 4.96 Å². The van der Waals surface area contributed by atoms with Gasteiger partial charge in [0.05, 0.1) is 0 Å². The number of hydrogen-bond acceptors (Lipinski definition) is 1. The molecule has 1 atom stereocenters. The molecule has 0 bridgehead atoms. The summed E-state index contributed by atoms with van der Waals surface area (Å²) in [5, 5.41) is 8.94.